The Hall–Kier alpha value is -3.24. The number of hydrogen-bond donors (Lipinski definition) is 3. The van der Waals surface area contributed by atoms with Crippen molar-refractivity contribution in [2.75, 3.05) is 6.54 Å². The monoisotopic (exact) mass is 461 g/mol. The Bertz CT molecular complexity index is 872. The fourth-order valence-corrected chi connectivity index (χ4v) is 2.83. The number of alkyl halides is 6. The minimum atomic E-state index is -6.05. The van der Waals surface area contributed by atoms with Crippen molar-refractivity contribution >= 4 is 11.9 Å². The van der Waals surface area contributed by atoms with Crippen molar-refractivity contribution in [1.29, 1.82) is 0 Å². The predicted molar refractivity (Wildman–Crippen MR) is 104 cm³/mol. The number of halogens is 6. The van der Waals surface area contributed by atoms with Crippen molar-refractivity contribution in [2.24, 2.45) is 0 Å². The Balaban J connectivity index is 2.09. The van der Waals surface area contributed by atoms with E-state index in [-0.39, 0.29) is 19.4 Å². The third kappa shape index (κ3) is 6.63. The number of aryl methyl sites for hydroxylation is 1. The van der Waals surface area contributed by atoms with Crippen LogP contribution in [-0.4, -0.2) is 36.5 Å². The van der Waals surface area contributed by atoms with Crippen LogP contribution in [0.5, 0.6) is 0 Å². The highest BCUT2D eigenvalue weighted by molar-refractivity contribution is 5.80. The van der Waals surface area contributed by atoms with Gasteiger partial charge in [0.2, 0.25) is 5.91 Å². The van der Waals surface area contributed by atoms with Gasteiger partial charge in [0.15, 0.2) is 0 Å². The molecular formula is C21H21F6N3O2. The molecular weight excluding hydrogens is 440 g/mol. The van der Waals surface area contributed by atoms with Gasteiger partial charge >= 0.3 is 24.0 Å². The summed E-state index contributed by atoms with van der Waals surface area (Å²) in [7, 11) is 0. The van der Waals surface area contributed by atoms with E-state index in [1.807, 2.05) is 5.32 Å². The average molecular weight is 461 g/mol. The molecule has 2 aromatic carbocycles. The van der Waals surface area contributed by atoms with Crippen molar-refractivity contribution in [2.45, 2.75) is 37.3 Å². The molecule has 0 saturated carbocycles. The van der Waals surface area contributed by atoms with Gasteiger partial charge in [-0.15, -0.1) is 0 Å². The summed E-state index contributed by atoms with van der Waals surface area (Å²) >= 11 is 0. The third-order valence-corrected chi connectivity index (χ3v) is 4.50. The molecule has 0 unspecified atom stereocenters. The van der Waals surface area contributed by atoms with Gasteiger partial charge in [0.1, 0.15) is 0 Å². The van der Waals surface area contributed by atoms with E-state index in [1.165, 1.54) is 0 Å². The first-order valence-corrected chi connectivity index (χ1v) is 9.53. The first-order chi connectivity index (χ1) is 14.9. The molecule has 0 saturated heterocycles. The van der Waals surface area contributed by atoms with E-state index < -0.39 is 36.4 Å². The maximum Gasteiger partial charge on any atom is 0.439 e. The van der Waals surface area contributed by atoms with E-state index in [2.05, 4.69) is 0 Å². The summed E-state index contributed by atoms with van der Waals surface area (Å²) in [6, 6.07) is 14.8. The molecule has 0 aliphatic heterocycles. The molecule has 3 amide bonds. The molecule has 0 aliphatic carbocycles. The van der Waals surface area contributed by atoms with Crippen LogP contribution in [0.4, 0.5) is 31.1 Å². The number of benzene rings is 2. The van der Waals surface area contributed by atoms with Crippen LogP contribution < -0.4 is 16.0 Å². The SMILES string of the molecule is O=C(CCc1ccccc1)NC(NC(=O)NCCc1ccccc1)(C(F)(F)F)C(F)(F)F. The van der Waals surface area contributed by atoms with Gasteiger partial charge in [-0.05, 0) is 24.0 Å². The summed E-state index contributed by atoms with van der Waals surface area (Å²) in [6.07, 6.45) is -12.6. The molecule has 2 aromatic rings. The number of hydrogen-bond acceptors (Lipinski definition) is 2. The lowest BCUT2D eigenvalue weighted by molar-refractivity contribution is -0.312. The molecule has 11 heteroatoms. The molecule has 5 nitrogen and oxygen atoms in total. The van der Waals surface area contributed by atoms with Crippen LogP contribution in [0.25, 0.3) is 0 Å². The van der Waals surface area contributed by atoms with Crippen molar-refractivity contribution < 1.29 is 35.9 Å². The van der Waals surface area contributed by atoms with E-state index in [4.69, 9.17) is 0 Å². The fraction of sp³-hybridized carbons (Fsp3) is 0.333. The average Bonchev–Trinajstić information content (AvgIpc) is 2.71. The minimum Gasteiger partial charge on any atom is -0.338 e. The summed E-state index contributed by atoms with van der Waals surface area (Å²) < 4.78 is 81.4. The fourth-order valence-electron chi connectivity index (χ4n) is 2.83. The number of carbonyl (C=O) groups excluding carboxylic acids is 2. The summed E-state index contributed by atoms with van der Waals surface area (Å²) in [5.74, 6) is -1.52. The van der Waals surface area contributed by atoms with Crippen LogP contribution in [0, 0.1) is 0 Å². The zero-order valence-corrected chi connectivity index (χ0v) is 16.7. The normalized spacial score (nSPS) is 12.2. The molecule has 0 spiro atoms. The van der Waals surface area contributed by atoms with Crippen molar-refractivity contribution in [1.82, 2.24) is 16.0 Å². The highest BCUT2D eigenvalue weighted by Gasteiger charge is 2.73. The van der Waals surface area contributed by atoms with Crippen LogP contribution in [0.1, 0.15) is 17.5 Å². The molecule has 0 atom stereocenters. The van der Waals surface area contributed by atoms with Gasteiger partial charge < -0.3 is 10.6 Å². The van der Waals surface area contributed by atoms with E-state index in [0.717, 1.165) is 16.2 Å². The minimum absolute atomic E-state index is 0.0816. The van der Waals surface area contributed by atoms with Crippen LogP contribution >= 0.6 is 0 Å². The second-order valence-corrected chi connectivity index (χ2v) is 6.90. The zero-order chi connectivity index (χ0) is 23.8. The van der Waals surface area contributed by atoms with Crippen LogP contribution in [0.2, 0.25) is 0 Å². The van der Waals surface area contributed by atoms with Crippen molar-refractivity contribution in [3.8, 4) is 0 Å². The number of urea groups is 1. The molecule has 3 N–H and O–H groups in total. The van der Waals surface area contributed by atoms with E-state index in [1.54, 1.807) is 60.7 Å². The quantitative estimate of drug-likeness (QED) is 0.409. The summed E-state index contributed by atoms with van der Waals surface area (Å²) in [4.78, 5) is 24.0. The molecule has 0 aromatic heterocycles. The number of carbonyl (C=O) groups is 2. The Labute approximate surface area is 180 Å². The molecule has 0 bridgehead atoms. The van der Waals surface area contributed by atoms with E-state index >= 15 is 0 Å². The largest absolute Gasteiger partial charge is 0.439 e. The van der Waals surface area contributed by atoms with Crippen molar-refractivity contribution in [3.05, 3.63) is 71.8 Å². The highest BCUT2D eigenvalue weighted by atomic mass is 19.4. The van der Waals surface area contributed by atoms with Gasteiger partial charge in [-0.3, -0.25) is 10.1 Å². The van der Waals surface area contributed by atoms with Crippen LogP contribution in [-0.2, 0) is 17.6 Å². The Morgan fingerprint density at radius 2 is 1.16 bits per heavy atom. The van der Waals surface area contributed by atoms with Gasteiger partial charge in [-0.25, -0.2) is 4.79 Å². The first kappa shape index (κ1) is 25.0. The van der Waals surface area contributed by atoms with E-state index in [9.17, 15) is 35.9 Å². The number of rotatable bonds is 8. The lowest BCUT2D eigenvalue weighted by atomic mass is 10.1. The van der Waals surface area contributed by atoms with E-state index in [0.29, 0.717) is 5.56 Å². The second-order valence-electron chi connectivity index (χ2n) is 6.90. The molecule has 32 heavy (non-hydrogen) atoms. The Morgan fingerprint density at radius 3 is 1.62 bits per heavy atom. The molecule has 0 radical (unpaired) electrons. The van der Waals surface area contributed by atoms with Crippen LogP contribution in [0.15, 0.2) is 60.7 Å². The maximum absolute atomic E-state index is 13.6. The van der Waals surface area contributed by atoms with Gasteiger partial charge in [0.25, 0.3) is 0 Å². The van der Waals surface area contributed by atoms with Gasteiger partial charge in [-0.2, -0.15) is 26.3 Å². The number of nitrogens with one attached hydrogen (secondary N) is 3. The van der Waals surface area contributed by atoms with Gasteiger partial charge in [0.05, 0.1) is 0 Å². The third-order valence-electron chi connectivity index (χ3n) is 4.50. The van der Waals surface area contributed by atoms with Gasteiger partial charge in [-0.1, -0.05) is 60.7 Å². The zero-order valence-electron chi connectivity index (χ0n) is 16.7. The number of amides is 3. The molecule has 0 aliphatic rings. The lowest BCUT2D eigenvalue weighted by Gasteiger charge is -2.38. The smallest absolute Gasteiger partial charge is 0.338 e. The lowest BCUT2D eigenvalue weighted by Crippen LogP contribution is -2.77. The highest BCUT2D eigenvalue weighted by Crippen LogP contribution is 2.41. The molecule has 174 valence electrons. The molecule has 0 fully saturated rings. The maximum atomic E-state index is 13.6. The summed E-state index contributed by atoms with van der Waals surface area (Å²) in [5.41, 5.74) is -3.66. The summed E-state index contributed by atoms with van der Waals surface area (Å²) in [6.45, 7) is -0.219. The molecule has 0 heterocycles. The summed E-state index contributed by atoms with van der Waals surface area (Å²) in [5, 5.41) is 3.81. The standard InChI is InChI=1S/C21H21F6N3O2/c22-20(23,24)19(21(25,26)27,29-17(31)12-11-15-7-3-1-4-8-15)30-18(32)28-14-13-16-9-5-2-6-10-16/h1-10H,11-14H2,(H,29,31)(H2,28,30,32). The second kappa shape index (κ2) is 10.4. The van der Waals surface area contributed by atoms with Crippen LogP contribution in [0.3, 0.4) is 0 Å². The Kier molecular flexibility index (Phi) is 8.12. The topological polar surface area (TPSA) is 70.2 Å². The molecule has 2 rings (SSSR count). The predicted octanol–water partition coefficient (Wildman–Crippen LogP) is 4.10. The van der Waals surface area contributed by atoms with Gasteiger partial charge in [0, 0.05) is 13.0 Å². The first-order valence-electron chi connectivity index (χ1n) is 9.53. The van der Waals surface area contributed by atoms with Crippen molar-refractivity contribution in [3.63, 3.8) is 0 Å². The Morgan fingerprint density at radius 1 is 0.688 bits per heavy atom.